The number of pyridine rings is 1. The maximum absolute atomic E-state index is 13.4. The molecular formula is C29H26N4O4. The van der Waals surface area contributed by atoms with Gasteiger partial charge >= 0.3 is 0 Å². The highest BCUT2D eigenvalue weighted by atomic mass is 16.5. The molecule has 0 aliphatic heterocycles. The molecule has 0 aliphatic rings. The molecule has 2 aromatic heterocycles. The first-order valence-corrected chi connectivity index (χ1v) is 11.6. The molecule has 0 unspecified atom stereocenters. The molecule has 4 rings (SSSR count). The fourth-order valence-corrected chi connectivity index (χ4v) is 3.58. The maximum atomic E-state index is 13.4. The summed E-state index contributed by atoms with van der Waals surface area (Å²) in [6, 6.07) is 21.1. The summed E-state index contributed by atoms with van der Waals surface area (Å²) >= 11 is 0. The third-order valence-corrected chi connectivity index (χ3v) is 5.67. The number of hydrogen-bond acceptors (Lipinski definition) is 6. The molecule has 0 aliphatic carbocycles. The van der Waals surface area contributed by atoms with Crippen molar-refractivity contribution >= 4 is 23.3 Å². The number of hydrogen-bond donors (Lipinski definition) is 1. The summed E-state index contributed by atoms with van der Waals surface area (Å²) in [5.41, 5.74) is 1.14. The van der Waals surface area contributed by atoms with Crippen molar-refractivity contribution in [1.29, 1.82) is 5.26 Å². The minimum atomic E-state index is -0.675. The van der Waals surface area contributed by atoms with Crippen LogP contribution in [0.3, 0.4) is 0 Å². The number of carbonyl (C=O) groups excluding carboxylic acids is 1. The van der Waals surface area contributed by atoms with Gasteiger partial charge in [-0.2, -0.15) is 10.2 Å². The van der Waals surface area contributed by atoms with E-state index in [-0.39, 0.29) is 22.4 Å². The Morgan fingerprint density at radius 3 is 2.32 bits per heavy atom. The van der Waals surface area contributed by atoms with Crippen molar-refractivity contribution in [2.75, 3.05) is 12.4 Å². The number of nitrogens with zero attached hydrogens (tertiary/aromatic N) is 3. The van der Waals surface area contributed by atoms with Gasteiger partial charge in [-0.1, -0.05) is 39.0 Å². The van der Waals surface area contributed by atoms with Gasteiger partial charge in [0.05, 0.1) is 7.11 Å². The lowest BCUT2D eigenvalue weighted by atomic mass is 9.87. The number of ether oxygens (including phenoxy) is 2. The average Bonchev–Trinajstić information content (AvgIpc) is 2.89. The zero-order chi connectivity index (χ0) is 26.6. The number of benzene rings is 2. The van der Waals surface area contributed by atoms with Gasteiger partial charge in [0.1, 0.15) is 34.4 Å². The Hall–Kier alpha value is -4.90. The standard InChI is InChI=1S/C29H26N4O4/c1-29(2,3)20-8-12-23(13-9-20)37-27-24(28(35)33-16-6-5-7-25(33)32-27)17-19(18-30)26(34)31-21-10-14-22(36-4)15-11-21/h5-17H,1-4H3,(H,31,34)/b19-17+. The van der Waals surface area contributed by atoms with E-state index in [0.717, 1.165) is 5.56 Å². The number of methoxy groups -OCH3 is 1. The summed E-state index contributed by atoms with van der Waals surface area (Å²) in [6.45, 7) is 6.33. The van der Waals surface area contributed by atoms with Crippen LogP contribution in [-0.2, 0) is 10.2 Å². The van der Waals surface area contributed by atoms with E-state index < -0.39 is 11.5 Å². The third-order valence-electron chi connectivity index (χ3n) is 5.67. The lowest BCUT2D eigenvalue weighted by Gasteiger charge is -2.19. The monoisotopic (exact) mass is 494 g/mol. The quantitative estimate of drug-likeness (QED) is 0.287. The molecular weight excluding hydrogens is 468 g/mol. The predicted molar refractivity (Wildman–Crippen MR) is 142 cm³/mol. The molecule has 37 heavy (non-hydrogen) atoms. The molecule has 2 heterocycles. The number of anilines is 1. The van der Waals surface area contributed by atoms with Crippen molar-refractivity contribution in [3.8, 4) is 23.4 Å². The third kappa shape index (κ3) is 5.68. The van der Waals surface area contributed by atoms with E-state index in [1.807, 2.05) is 18.2 Å². The molecule has 0 radical (unpaired) electrons. The number of nitriles is 1. The Kier molecular flexibility index (Phi) is 7.07. The van der Waals surface area contributed by atoms with E-state index in [2.05, 4.69) is 31.1 Å². The first-order valence-electron chi connectivity index (χ1n) is 11.6. The normalized spacial score (nSPS) is 11.6. The van der Waals surface area contributed by atoms with E-state index in [1.54, 1.807) is 67.9 Å². The summed E-state index contributed by atoms with van der Waals surface area (Å²) < 4.78 is 12.5. The van der Waals surface area contributed by atoms with Crippen molar-refractivity contribution < 1.29 is 14.3 Å². The van der Waals surface area contributed by atoms with Crippen LogP contribution in [0.2, 0.25) is 0 Å². The number of amides is 1. The topological polar surface area (TPSA) is 106 Å². The van der Waals surface area contributed by atoms with Crippen LogP contribution in [0.5, 0.6) is 17.4 Å². The Morgan fingerprint density at radius 1 is 1.03 bits per heavy atom. The van der Waals surface area contributed by atoms with E-state index in [1.165, 1.54) is 10.5 Å². The van der Waals surface area contributed by atoms with Crippen LogP contribution in [0.15, 0.2) is 83.3 Å². The van der Waals surface area contributed by atoms with Crippen LogP contribution in [0.25, 0.3) is 11.7 Å². The fraction of sp³-hybridized carbons (Fsp3) is 0.172. The molecule has 1 N–H and O–H groups in total. The first-order chi connectivity index (χ1) is 17.7. The molecule has 0 saturated heterocycles. The molecule has 2 aromatic carbocycles. The number of carbonyl (C=O) groups is 1. The van der Waals surface area contributed by atoms with Crippen LogP contribution < -0.4 is 20.3 Å². The van der Waals surface area contributed by atoms with Crippen molar-refractivity contribution in [2.24, 2.45) is 0 Å². The highest BCUT2D eigenvalue weighted by molar-refractivity contribution is 6.09. The van der Waals surface area contributed by atoms with E-state index >= 15 is 0 Å². The van der Waals surface area contributed by atoms with Crippen LogP contribution in [0.1, 0.15) is 31.9 Å². The van der Waals surface area contributed by atoms with Gasteiger partial charge in [0.2, 0.25) is 5.88 Å². The Labute approximate surface area is 214 Å². The average molecular weight is 495 g/mol. The molecule has 0 atom stereocenters. The van der Waals surface area contributed by atoms with Gasteiger partial charge in [0.15, 0.2) is 0 Å². The van der Waals surface area contributed by atoms with E-state index in [0.29, 0.717) is 22.8 Å². The lowest BCUT2D eigenvalue weighted by Crippen LogP contribution is -2.20. The molecule has 0 saturated carbocycles. The summed E-state index contributed by atoms with van der Waals surface area (Å²) in [4.78, 5) is 30.7. The van der Waals surface area contributed by atoms with Gasteiger partial charge in [-0.05, 0) is 65.6 Å². The SMILES string of the molecule is COc1ccc(NC(=O)/C(C#N)=C/c2c(Oc3ccc(C(C)(C)C)cc3)nc3ccccn3c2=O)cc1. The number of nitrogens with one attached hydrogen (secondary N) is 1. The number of fused-ring (bicyclic) bond motifs is 1. The second kappa shape index (κ2) is 10.4. The smallest absolute Gasteiger partial charge is 0.269 e. The van der Waals surface area contributed by atoms with Crippen LogP contribution in [0.4, 0.5) is 5.69 Å². The van der Waals surface area contributed by atoms with Gasteiger partial charge in [-0.3, -0.25) is 14.0 Å². The lowest BCUT2D eigenvalue weighted by molar-refractivity contribution is -0.112. The van der Waals surface area contributed by atoms with Crippen LogP contribution in [0, 0.1) is 11.3 Å². The molecule has 0 fully saturated rings. The highest BCUT2D eigenvalue weighted by Gasteiger charge is 2.18. The Bertz CT molecular complexity index is 1570. The van der Waals surface area contributed by atoms with Gasteiger partial charge in [0.25, 0.3) is 11.5 Å². The van der Waals surface area contributed by atoms with E-state index in [9.17, 15) is 14.9 Å². The number of aromatic nitrogens is 2. The van der Waals surface area contributed by atoms with E-state index in [4.69, 9.17) is 9.47 Å². The molecule has 8 nitrogen and oxygen atoms in total. The molecule has 0 spiro atoms. The van der Waals surface area contributed by atoms with Gasteiger partial charge in [-0.15, -0.1) is 0 Å². The summed E-state index contributed by atoms with van der Waals surface area (Å²) in [6.07, 6.45) is 2.76. The highest BCUT2D eigenvalue weighted by Crippen LogP contribution is 2.28. The fourth-order valence-electron chi connectivity index (χ4n) is 3.58. The second-order valence-corrected chi connectivity index (χ2v) is 9.29. The molecule has 1 amide bonds. The Morgan fingerprint density at radius 2 is 1.70 bits per heavy atom. The van der Waals surface area contributed by atoms with Gasteiger partial charge in [-0.25, -0.2) is 0 Å². The van der Waals surface area contributed by atoms with Gasteiger partial charge < -0.3 is 14.8 Å². The maximum Gasteiger partial charge on any atom is 0.269 e. The second-order valence-electron chi connectivity index (χ2n) is 9.29. The Balaban J connectivity index is 1.74. The summed E-state index contributed by atoms with van der Waals surface area (Å²) in [7, 11) is 1.54. The van der Waals surface area contributed by atoms with Crippen molar-refractivity contribution in [3.63, 3.8) is 0 Å². The zero-order valence-electron chi connectivity index (χ0n) is 21.0. The first kappa shape index (κ1) is 25.2. The zero-order valence-corrected chi connectivity index (χ0v) is 21.0. The molecule has 186 valence electrons. The number of rotatable bonds is 6. The largest absolute Gasteiger partial charge is 0.497 e. The summed E-state index contributed by atoms with van der Waals surface area (Å²) in [5, 5.41) is 12.4. The minimum absolute atomic E-state index is 0.00953. The van der Waals surface area contributed by atoms with Crippen molar-refractivity contribution in [2.45, 2.75) is 26.2 Å². The van der Waals surface area contributed by atoms with Gasteiger partial charge in [0, 0.05) is 11.9 Å². The van der Waals surface area contributed by atoms with Crippen LogP contribution >= 0.6 is 0 Å². The van der Waals surface area contributed by atoms with Crippen LogP contribution in [-0.4, -0.2) is 22.4 Å². The molecule has 0 bridgehead atoms. The molecule has 4 aromatic rings. The summed E-state index contributed by atoms with van der Waals surface area (Å²) in [5.74, 6) is 0.410. The van der Waals surface area contributed by atoms with Crippen molar-refractivity contribution in [1.82, 2.24) is 9.38 Å². The predicted octanol–water partition coefficient (Wildman–Crippen LogP) is 5.34. The molecule has 8 heteroatoms. The van der Waals surface area contributed by atoms with Crippen molar-refractivity contribution in [3.05, 3.63) is 100.0 Å². The minimum Gasteiger partial charge on any atom is -0.497 e.